The van der Waals surface area contributed by atoms with Crippen LogP contribution in [0.4, 0.5) is 5.69 Å². The highest BCUT2D eigenvalue weighted by Gasteiger charge is 2.20. The summed E-state index contributed by atoms with van der Waals surface area (Å²) in [5.74, 6) is -1.18. The fourth-order valence-corrected chi connectivity index (χ4v) is 2.73. The number of hydrogen-bond donors (Lipinski definition) is 1. The van der Waals surface area contributed by atoms with Gasteiger partial charge in [0, 0.05) is 29.9 Å². The van der Waals surface area contributed by atoms with E-state index in [1.54, 1.807) is 42.1 Å². The molecule has 3 rings (SSSR count). The maximum absolute atomic E-state index is 12.4. The highest BCUT2D eigenvalue weighted by Crippen LogP contribution is 2.18. The Hall–Kier alpha value is -3.55. The van der Waals surface area contributed by atoms with E-state index in [1.165, 1.54) is 20.0 Å². The SMILES string of the molecule is CC(=O)c1ccc(NC(=O)C(C)OC(=O)c2cnc3c(c2)c(C)nn3C)cc1. The number of aromatic nitrogens is 3. The molecule has 3 aromatic rings. The lowest BCUT2D eigenvalue weighted by atomic mass is 10.1. The van der Waals surface area contributed by atoms with Crippen LogP contribution < -0.4 is 5.32 Å². The van der Waals surface area contributed by atoms with Crippen LogP contribution >= 0.6 is 0 Å². The second-order valence-electron chi connectivity index (χ2n) is 6.47. The van der Waals surface area contributed by atoms with Crippen molar-refractivity contribution in [2.24, 2.45) is 7.05 Å². The van der Waals surface area contributed by atoms with Crippen LogP contribution in [0, 0.1) is 6.92 Å². The van der Waals surface area contributed by atoms with Crippen LogP contribution in [0.5, 0.6) is 0 Å². The van der Waals surface area contributed by atoms with Gasteiger partial charge < -0.3 is 10.1 Å². The van der Waals surface area contributed by atoms with Crippen LogP contribution in [-0.2, 0) is 16.6 Å². The van der Waals surface area contributed by atoms with Crippen molar-refractivity contribution < 1.29 is 19.1 Å². The van der Waals surface area contributed by atoms with E-state index in [9.17, 15) is 14.4 Å². The number of aryl methyl sites for hydroxylation is 2. The normalized spacial score (nSPS) is 11.9. The maximum atomic E-state index is 12.4. The first kappa shape index (κ1) is 19.2. The second-order valence-corrected chi connectivity index (χ2v) is 6.47. The third-order valence-corrected chi connectivity index (χ3v) is 4.31. The van der Waals surface area contributed by atoms with E-state index < -0.39 is 18.0 Å². The Kier molecular flexibility index (Phi) is 5.21. The zero-order valence-corrected chi connectivity index (χ0v) is 16.0. The van der Waals surface area contributed by atoms with Gasteiger partial charge in [0.2, 0.25) is 0 Å². The molecule has 0 aliphatic heterocycles. The number of ketones is 1. The summed E-state index contributed by atoms with van der Waals surface area (Å²) in [5, 5.41) is 7.66. The number of carbonyl (C=O) groups excluding carboxylic acids is 3. The van der Waals surface area contributed by atoms with Gasteiger partial charge in [0.1, 0.15) is 0 Å². The van der Waals surface area contributed by atoms with Gasteiger partial charge in [-0.05, 0) is 51.1 Å². The molecule has 0 saturated carbocycles. The molecule has 8 heteroatoms. The molecule has 0 radical (unpaired) electrons. The molecule has 8 nitrogen and oxygen atoms in total. The summed E-state index contributed by atoms with van der Waals surface area (Å²) in [6, 6.07) is 8.12. The number of Topliss-reactive ketones (excluding diaryl/α,β-unsaturated/α-hetero) is 1. The topological polar surface area (TPSA) is 103 Å². The molecule has 1 unspecified atom stereocenters. The maximum Gasteiger partial charge on any atom is 0.340 e. The summed E-state index contributed by atoms with van der Waals surface area (Å²) >= 11 is 0. The van der Waals surface area contributed by atoms with Gasteiger partial charge in [0.25, 0.3) is 5.91 Å². The van der Waals surface area contributed by atoms with Crippen LogP contribution in [0.15, 0.2) is 36.5 Å². The highest BCUT2D eigenvalue weighted by atomic mass is 16.5. The Balaban J connectivity index is 1.67. The largest absolute Gasteiger partial charge is 0.449 e. The number of esters is 1. The molecular formula is C20H20N4O4. The van der Waals surface area contributed by atoms with E-state index >= 15 is 0 Å². The van der Waals surface area contributed by atoms with Gasteiger partial charge in [-0.15, -0.1) is 0 Å². The van der Waals surface area contributed by atoms with Gasteiger partial charge in [-0.1, -0.05) is 0 Å². The van der Waals surface area contributed by atoms with Crippen molar-refractivity contribution in [3.63, 3.8) is 0 Å². The zero-order valence-electron chi connectivity index (χ0n) is 16.0. The first-order valence-electron chi connectivity index (χ1n) is 8.68. The second kappa shape index (κ2) is 7.59. The number of nitrogens with zero attached hydrogens (tertiary/aromatic N) is 3. The molecule has 1 N–H and O–H groups in total. The third kappa shape index (κ3) is 3.90. The number of amides is 1. The van der Waals surface area contributed by atoms with Gasteiger partial charge in [-0.3, -0.25) is 14.3 Å². The molecule has 0 fully saturated rings. The van der Waals surface area contributed by atoms with Crippen LogP contribution in [0.3, 0.4) is 0 Å². The number of anilines is 1. The Morgan fingerprint density at radius 2 is 1.82 bits per heavy atom. The molecule has 0 saturated heterocycles. The fourth-order valence-electron chi connectivity index (χ4n) is 2.73. The molecular weight excluding hydrogens is 360 g/mol. The van der Waals surface area contributed by atoms with Gasteiger partial charge in [-0.2, -0.15) is 5.10 Å². The quantitative estimate of drug-likeness (QED) is 0.539. The van der Waals surface area contributed by atoms with Gasteiger partial charge in [-0.25, -0.2) is 9.78 Å². The minimum absolute atomic E-state index is 0.0606. The monoisotopic (exact) mass is 380 g/mol. The minimum atomic E-state index is -1.01. The fraction of sp³-hybridized carbons (Fsp3) is 0.250. The van der Waals surface area contributed by atoms with Gasteiger partial charge in [0.15, 0.2) is 17.5 Å². The number of pyridine rings is 1. The summed E-state index contributed by atoms with van der Waals surface area (Å²) in [7, 11) is 1.77. The van der Waals surface area contributed by atoms with E-state index in [0.717, 1.165) is 11.1 Å². The van der Waals surface area contributed by atoms with Crippen molar-refractivity contribution >= 4 is 34.4 Å². The summed E-state index contributed by atoms with van der Waals surface area (Å²) < 4.78 is 6.89. The van der Waals surface area contributed by atoms with Crippen molar-refractivity contribution in [3.05, 3.63) is 53.3 Å². The Bertz CT molecular complexity index is 1070. The molecule has 28 heavy (non-hydrogen) atoms. The molecule has 1 aromatic carbocycles. The van der Waals surface area contributed by atoms with E-state index in [2.05, 4.69) is 15.4 Å². The van der Waals surface area contributed by atoms with Crippen molar-refractivity contribution in [2.45, 2.75) is 26.9 Å². The van der Waals surface area contributed by atoms with Crippen LogP contribution in [0.1, 0.15) is 40.3 Å². The van der Waals surface area contributed by atoms with E-state index in [4.69, 9.17) is 4.74 Å². The summed E-state index contributed by atoms with van der Waals surface area (Å²) in [4.78, 5) is 40.2. The summed E-state index contributed by atoms with van der Waals surface area (Å²) in [5.41, 5.74) is 2.71. The molecule has 1 amide bonds. The van der Waals surface area contributed by atoms with Crippen molar-refractivity contribution in [2.75, 3.05) is 5.32 Å². The molecule has 0 bridgehead atoms. The van der Waals surface area contributed by atoms with Crippen LogP contribution in [0.25, 0.3) is 11.0 Å². The molecule has 0 aliphatic carbocycles. The molecule has 2 aromatic heterocycles. The molecule has 0 spiro atoms. The smallest absolute Gasteiger partial charge is 0.340 e. The number of carbonyl (C=O) groups is 3. The van der Waals surface area contributed by atoms with Crippen molar-refractivity contribution in [3.8, 4) is 0 Å². The lowest BCUT2D eigenvalue weighted by Crippen LogP contribution is -2.30. The van der Waals surface area contributed by atoms with E-state index in [1.807, 2.05) is 6.92 Å². The predicted molar refractivity (Wildman–Crippen MR) is 103 cm³/mol. The number of hydrogen-bond acceptors (Lipinski definition) is 6. The summed E-state index contributed by atoms with van der Waals surface area (Å²) in [6.45, 7) is 4.78. The lowest BCUT2D eigenvalue weighted by molar-refractivity contribution is -0.123. The molecule has 2 heterocycles. The van der Waals surface area contributed by atoms with Crippen LogP contribution in [0.2, 0.25) is 0 Å². The van der Waals surface area contributed by atoms with Gasteiger partial charge in [0.05, 0.1) is 11.3 Å². The lowest BCUT2D eigenvalue weighted by Gasteiger charge is -2.13. The molecule has 144 valence electrons. The Labute approximate surface area is 161 Å². The van der Waals surface area contributed by atoms with E-state index in [-0.39, 0.29) is 11.3 Å². The highest BCUT2D eigenvalue weighted by molar-refractivity contribution is 5.99. The molecule has 0 aliphatic rings. The van der Waals surface area contributed by atoms with Crippen molar-refractivity contribution in [1.82, 2.24) is 14.8 Å². The zero-order chi connectivity index (χ0) is 20.4. The standard InChI is InChI=1S/C20H20N4O4/c1-11-17-9-15(10-21-18(17)24(4)23-11)20(27)28-13(3)19(26)22-16-7-5-14(6-8-16)12(2)25/h5-10,13H,1-4H3,(H,22,26). The van der Waals surface area contributed by atoms with Crippen molar-refractivity contribution in [1.29, 1.82) is 0 Å². The third-order valence-electron chi connectivity index (χ3n) is 4.31. The Morgan fingerprint density at radius 1 is 1.14 bits per heavy atom. The number of benzene rings is 1. The minimum Gasteiger partial charge on any atom is -0.449 e. The predicted octanol–water partition coefficient (Wildman–Crippen LogP) is 2.66. The van der Waals surface area contributed by atoms with Crippen LogP contribution in [-0.4, -0.2) is 38.5 Å². The average molecular weight is 380 g/mol. The van der Waals surface area contributed by atoms with Gasteiger partial charge >= 0.3 is 5.97 Å². The Morgan fingerprint density at radius 3 is 2.46 bits per heavy atom. The average Bonchev–Trinajstić information content (AvgIpc) is 2.95. The molecule has 1 atom stereocenters. The number of rotatable bonds is 5. The number of fused-ring (bicyclic) bond motifs is 1. The first-order valence-corrected chi connectivity index (χ1v) is 8.68. The number of nitrogens with one attached hydrogen (secondary N) is 1. The number of ether oxygens (including phenoxy) is 1. The van der Waals surface area contributed by atoms with E-state index in [0.29, 0.717) is 16.9 Å². The first-order chi connectivity index (χ1) is 13.3. The summed E-state index contributed by atoms with van der Waals surface area (Å²) in [6.07, 6.45) is 0.391.